The summed E-state index contributed by atoms with van der Waals surface area (Å²) < 4.78 is 5.93. The Morgan fingerprint density at radius 1 is 1.25 bits per heavy atom. The number of hydrogen-bond donors (Lipinski definition) is 4. The number of thiazole rings is 1. The van der Waals surface area contributed by atoms with Gasteiger partial charge in [-0.1, -0.05) is 35.1 Å². The number of carbonyl (C=O) groups excluding carboxylic acids is 1. The molecule has 1 atom stereocenters. The average Bonchev–Trinajstić information content (AvgIpc) is 3.38. The van der Waals surface area contributed by atoms with E-state index < -0.39 is 5.97 Å². The summed E-state index contributed by atoms with van der Waals surface area (Å²) >= 11 is 1.26. The number of nitrogen functional groups attached to an aromatic ring is 1. The molecule has 1 fully saturated rings. The Labute approximate surface area is 190 Å². The summed E-state index contributed by atoms with van der Waals surface area (Å²) in [5.41, 5.74) is 8.51. The molecule has 1 unspecified atom stereocenters. The summed E-state index contributed by atoms with van der Waals surface area (Å²) in [4.78, 5) is 26.5. The van der Waals surface area contributed by atoms with Crippen LogP contribution in [0.5, 0.6) is 5.75 Å². The monoisotopic (exact) mass is 454 g/mol. The molecular weight excluding hydrogens is 428 g/mol. The molecule has 1 aliphatic rings. The molecule has 3 aromatic rings. The van der Waals surface area contributed by atoms with Gasteiger partial charge < -0.3 is 26.2 Å². The zero-order chi connectivity index (χ0) is 23.1. The molecule has 1 aromatic heterocycles. The molecule has 0 aliphatic carbocycles. The Morgan fingerprint density at radius 2 is 1.97 bits per heavy atom. The third kappa shape index (κ3) is 6.53. The van der Waals surface area contributed by atoms with E-state index in [9.17, 15) is 4.79 Å². The third-order valence-corrected chi connectivity index (χ3v) is 5.55. The molecule has 0 spiro atoms. The number of carboxylic acid groups (broad SMARTS) is 1. The van der Waals surface area contributed by atoms with E-state index >= 15 is 0 Å². The number of aryl methyl sites for hydroxylation is 1. The van der Waals surface area contributed by atoms with Crippen LogP contribution < -0.4 is 21.1 Å². The van der Waals surface area contributed by atoms with E-state index in [1.807, 2.05) is 49.4 Å². The fraction of sp³-hybridized carbons (Fsp3) is 0.261. The number of carbonyl (C=O) groups is 2. The first kappa shape index (κ1) is 23.2. The minimum atomic E-state index is -0.833. The molecule has 32 heavy (non-hydrogen) atoms. The fourth-order valence-corrected chi connectivity index (χ4v) is 3.99. The van der Waals surface area contributed by atoms with Gasteiger partial charge >= 0.3 is 0 Å². The van der Waals surface area contributed by atoms with Crippen LogP contribution in [0.2, 0.25) is 0 Å². The quantitative estimate of drug-likeness (QED) is 0.414. The third-order valence-electron chi connectivity index (χ3n) is 4.56. The predicted molar refractivity (Wildman–Crippen MR) is 126 cm³/mol. The van der Waals surface area contributed by atoms with Crippen molar-refractivity contribution in [1.82, 2.24) is 10.3 Å². The Hall–Kier alpha value is -3.43. The topological polar surface area (TPSA) is 127 Å². The Balaban J connectivity index is 0.000000668. The van der Waals surface area contributed by atoms with Crippen LogP contribution >= 0.6 is 11.3 Å². The molecule has 2 aromatic carbocycles. The highest BCUT2D eigenvalue weighted by molar-refractivity contribution is 7.18. The van der Waals surface area contributed by atoms with Gasteiger partial charge in [0.15, 0.2) is 5.13 Å². The fourth-order valence-electron chi connectivity index (χ4n) is 3.13. The second kappa shape index (κ2) is 10.7. The molecule has 168 valence electrons. The van der Waals surface area contributed by atoms with E-state index in [1.54, 1.807) is 6.07 Å². The molecule has 0 bridgehead atoms. The first-order chi connectivity index (χ1) is 15.3. The normalized spacial score (nSPS) is 14.9. The van der Waals surface area contributed by atoms with Crippen molar-refractivity contribution in [3.63, 3.8) is 0 Å². The number of aliphatic carboxylic acids is 1. The minimum Gasteiger partial charge on any atom is -0.489 e. The summed E-state index contributed by atoms with van der Waals surface area (Å²) in [6.45, 7) is 4.92. The van der Waals surface area contributed by atoms with Crippen molar-refractivity contribution in [2.75, 3.05) is 24.1 Å². The van der Waals surface area contributed by atoms with E-state index in [0.29, 0.717) is 15.6 Å². The SMILES string of the molecule is CC(=O)O.Cc1cccc(C(=O)c2sc(Nc3ccc(OC4CCNC4)cc3)nc2N)c1. The lowest BCUT2D eigenvalue weighted by Gasteiger charge is -2.12. The molecule has 1 saturated heterocycles. The maximum absolute atomic E-state index is 12.7. The minimum absolute atomic E-state index is 0.110. The Bertz CT molecular complexity index is 1070. The van der Waals surface area contributed by atoms with Gasteiger partial charge in [0.2, 0.25) is 5.78 Å². The lowest BCUT2D eigenvalue weighted by atomic mass is 10.1. The van der Waals surface area contributed by atoms with Crippen molar-refractivity contribution < 1.29 is 19.4 Å². The van der Waals surface area contributed by atoms with E-state index in [-0.39, 0.29) is 17.7 Å². The first-order valence-corrected chi connectivity index (χ1v) is 10.9. The highest BCUT2D eigenvalue weighted by Gasteiger charge is 2.19. The number of hydrogen-bond acceptors (Lipinski definition) is 8. The van der Waals surface area contributed by atoms with Crippen LogP contribution in [0.15, 0.2) is 48.5 Å². The van der Waals surface area contributed by atoms with Gasteiger partial charge in [-0.2, -0.15) is 0 Å². The second-order valence-corrected chi connectivity index (χ2v) is 8.33. The number of nitrogens with one attached hydrogen (secondary N) is 2. The van der Waals surface area contributed by atoms with Crippen LogP contribution in [-0.4, -0.2) is 41.0 Å². The zero-order valence-electron chi connectivity index (χ0n) is 17.9. The van der Waals surface area contributed by atoms with Crippen molar-refractivity contribution in [2.24, 2.45) is 0 Å². The highest BCUT2D eigenvalue weighted by atomic mass is 32.1. The van der Waals surface area contributed by atoms with Gasteiger partial charge in [-0.25, -0.2) is 4.98 Å². The number of carboxylic acids is 1. The number of anilines is 3. The maximum atomic E-state index is 12.7. The molecule has 1 aliphatic heterocycles. The molecule has 0 saturated carbocycles. The Kier molecular flexibility index (Phi) is 7.80. The van der Waals surface area contributed by atoms with Crippen molar-refractivity contribution in [3.05, 3.63) is 64.5 Å². The van der Waals surface area contributed by atoms with Gasteiger partial charge in [0.05, 0.1) is 0 Å². The lowest BCUT2D eigenvalue weighted by Crippen LogP contribution is -2.19. The van der Waals surface area contributed by atoms with Gasteiger partial charge in [0.25, 0.3) is 5.97 Å². The van der Waals surface area contributed by atoms with Crippen LogP contribution in [0.3, 0.4) is 0 Å². The van der Waals surface area contributed by atoms with Crippen molar-refractivity contribution in [3.8, 4) is 5.75 Å². The largest absolute Gasteiger partial charge is 0.489 e. The summed E-state index contributed by atoms with van der Waals surface area (Å²) in [6, 6.07) is 15.2. The van der Waals surface area contributed by atoms with Crippen molar-refractivity contribution in [1.29, 1.82) is 0 Å². The van der Waals surface area contributed by atoms with Crippen LogP contribution in [0.25, 0.3) is 0 Å². The smallest absolute Gasteiger partial charge is 0.300 e. The van der Waals surface area contributed by atoms with Crippen molar-refractivity contribution in [2.45, 2.75) is 26.4 Å². The van der Waals surface area contributed by atoms with E-state index in [0.717, 1.165) is 43.4 Å². The van der Waals surface area contributed by atoms with Gasteiger partial charge in [-0.3, -0.25) is 9.59 Å². The molecular formula is C23H26N4O4S. The standard InChI is InChI=1S/C21H22N4O2S.C2H4O2/c1-13-3-2-4-14(11-13)18(26)19-20(22)25-21(28-19)24-15-5-7-16(8-6-15)27-17-9-10-23-12-17;1-2(3)4/h2-8,11,17,23H,9-10,12,22H2,1H3,(H,24,25);1H3,(H,3,4). The van der Waals surface area contributed by atoms with Crippen molar-refractivity contribution >= 4 is 39.7 Å². The van der Waals surface area contributed by atoms with Crippen LogP contribution in [-0.2, 0) is 4.79 Å². The summed E-state index contributed by atoms with van der Waals surface area (Å²) in [5.74, 6) is 0.140. The summed E-state index contributed by atoms with van der Waals surface area (Å²) in [6.07, 6.45) is 1.25. The van der Waals surface area contributed by atoms with Crippen LogP contribution in [0.1, 0.15) is 34.1 Å². The molecule has 9 heteroatoms. The zero-order valence-corrected chi connectivity index (χ0v) is 18.7. The van der Waals surface area contributed by atoms with Crippen LogP contribution in [0.4, 0.5) is 16.6 Å². The molecule has 0 radical (unpaired) electrons. The van der Waals surface area contributed by atoms with E-state index in [1.165, 1.54) is 11.3 Å². The van der Waals surface area contributed by atoms with Gasteiger partial charge in [0, 0.05) is 24.7 Å². The van der Waals surface area contributed by atoms with Gasteiger partial charge in [-0.15, -0.1) is 0 Å². The number of ketones is 1. The van der Waals surface area contributed by atoms with E-state index in [4.69, 9.17) is 20.4 Å². The second-order valence-electron chi connectivity index (χ2n) is 7.33. The van der Waals surface area contributed by atoms with E-state index in [2.05, 4.69) is 15.6 Å². The number of nitrogens with zero attached hydrogens (tertiary/aromatic N) is 1. The first-order valence-electron chi connectivity index (χ1n) is 10.1. The number of rotatable bonds is 6. The number of aromatic nitrogens is 1. The number of benzene rings is 2. The van der Waals surface area contributed by atoms with Crippen LogP contribution in [0, 0.1) is 6.92 Å². The van der Waals surface area contributed by atoms with Gasteiger partial charge in [-0.05, 0) is 50.2 Å². The summed E-state index contributed by atoms with van der Waals surface area (Å²) in [5, 5.41) is 14.5. The lowest BCUT2D eigenvalue weighted by molar-refractivity contribution is -0.134. The highest BCUT2D eigenvalue weighted by Crippen LogP contribution is 2.30. The maximum Gasteiger partial charge on any atom is 0.300 e. The molecule has 0 amide bonds. The summed E-state index contributed by atoms with van der Waals surface area (Å²) in [7, 11) is 0. The molecule has 8 nitrogen and oxygen atoms in total. The molecule has 4 rings (SSSR count). The van der Waals surface area contributed by atoms with Gasteiger partial charge in [0.1, 0.15) is 22.5 Å². The predicted octanol–water partition coefficient (Wildman–Crippen LogP) is 3.84. The average molecular weight is 455 g/mol. The number of ether oxygens (including phenoxy) is 1. The molecule has 2 heterocycles. The molecule has 5 N–H and O–H groups in total. The number of nitrogens with two attached hydrogens (primary N) is 1. The Morgan fingerprint density at radius 3 is 2.59 bits per heavy atom.